The third kappa shape index (κ3) is 3.85. The van der Waals surface area contributed by atoms with Gasteiger partial charge in [0.05, 0.1) is 6.61 Å². The fraction of sp³-hybridized carbons (Fsp3) is 0.421. The van der Waals surface area contributed by atoms with E-state index in [1.807, 2.05) is 6.92 Å². The molecule has 7 nitrogen and oxygen atoms in total. The van der Waals surface area contributed by atoms with Crippen molar-refractivity contribution in [1.82, 2.24) is 14.7 Å². The molecule has 8 heteroatoms. The highest BCUT2D eigenvalue weighted by Gasteiger charge is 2.30. The molecule has 27 heavy (non-hydrogen) atoms. The Morgan fingerprint density at radius 2 is 2.15 bits per heavy atom. The Labute approximate surface area is 156 Å². The van der Waals surface area contributed by atoms with Crippen molar-refractivity contribution in [2.45, 2.75) is 26.2 Å². The number of aliphatic carboxylic acids is 1. The quantitative estimate of drug-likeness (QED) is 0.800. The number of carboxylic acids is 1. The highest BCUT2D eigenvalue weighted by Crippen LogP contribution is 2.29. The van der Waals surface area contributed by atoms with E-state index in [0.29, 0.717) is 18.5 Å². The first-order valence-electron chi connectivity index (χ1n) is 8.79. The van der Waals surface area contributed by atoms with Crippen LogP contribution in [0.25, 0.3) is 5.69 Å². The average molecular weight is 375 g/mol. The Balaban J connectivity index is 2.02. The average Bonchev–Trinajstić information content (AvgIpc) is 3.22. The van der Waals surface area contributed by atoms with Gasteiger partial charge in [-0.25, -0.2) is 9.07 Å². The van der Waals surface area contributed by atoms with E-state index in [1.54, 1.807) is 12.1 Å². The van der Waals surface area contributed by atoms with Crippen LogP contribution in [0.4, 0.5) is 4.39 Å². The van der Waals surface area contributed by atoms with Crippen LogP contribution < -0.4 is 0 Å². The number of aromatic nitrogens is 2. The third-order valence-corrected chi connectivity index (χ3v) is 4.64. The Bertz CT molecular complexity index is 878. The molecule has 0 saturated carbocycles. The molecule has 0 spiro atoms. The Morgan fingerprint density at radius 3 is 2.85 bits per heavy atom. The smallest absolute Gasteiger partial charge is 0.323 e. The van der Waals surface area contributed by atoms with Gasteiger partial charge in [0.15, 0.2) is 5.69 Å². The zero-order valence-electron chi connectivity index (χ0n) is 15.4. The summed E-state index contributed by atoms with van der Waals surface area (Å²) in [6, 6.07) is 4.74. The molecule has 0 fully saturated rings. The summed E-state index contributed by atoms with van der Waals surface area (Å²) in [5, 5.41) is 13.5. The maximum absolute atomic E-state index is 14.4. The first-order valence-corrected chi connectivity index (χ1v) is 8.79. The minimum atomic E-state index is -1.11. The van der Waals surface area contributed by atoms with Crippen LogP contribution in [-0.2, 0) is 22.4 Å². The van der Waals surface area contributed by atoms with Crippen LogP contribution in [0, 0.1) is 12.7 Å². The van der Waals surface area contributed by atoms with E-state index in [1.165, 1.54) is 22.8 Å². The lowest BCUT2D eigenvalue weighted by Gasteiger charge is -2.19. The molecule has 0 atom stereocenters. The van der Waals surface area contributed by atoms with Gasteiger partial charge in [-0.2, -0.15) is 5.10 Å². The van der Waals surface area contributed by atoms with Gasteiger partial charge in [0.25, 0.3) is 5.91 Å². The highest BCUT2D eigenvalue weighted by atomic mass is 19.1. The molecule has 1 N–H and O–H groups in total. The second-order valence-corrected chi connectivity index (χ2v) is 6.61. The maximum atomic E-state index is 14.4. The number of ether oxygens (including phenoxy) is 1. The lowest BCUT2D eigenvalue weighted by atomic mass is 10.1. The molecule has 1 aliphatic rings. The van der Waals surface area contributed by atoms with Gasteiger partial charge in [-0.3, -0.25) is 9.59 Å². The summed E-state index contributed by atoms with van der Waals surface area (Å²) >= 11 is 0. The first-order chi connectivity index (χ1) is 12.9. The van der Waals surface area contributed by atoms with Crippen molar-refractivity contribution in [3.8, 4) is 5.69 Å². The number of benzene rings is 1. The zero-order valence-corrected chi connectivity index (χ0v) is 15.4. The van der Waals surface area contributed by atoms with Gasteiger partial charge >= 0.3 is 5.97 Å². The number of fused-ring (bicyclic) bond motifs is 1. The van der Waals surface area contributed by atoms with Gasteiger partial charge in [0, 0.05) is 24.9 Å². The molecule has 0 bridgehead atoms. The summed E-state index contributed by atoms with van der Waals surface area (Å²) in [4.78, 5) is 25.3. The van der Waals surface area contributed by atoms with E-state index in [2.05, 4.69) is 5.10 Å². The number of aryl methyl sites for hydroxylation is 1. The molecule has 1 aromatic carbocycles. The van der Waals surface area contributed by atoms with Gasteiger partial charge in [-0.1, -0.05) is 6.07 Å². The molecule has 0 aliphatic heterocycles. The molecular weight excluding hydrogens is 353 g/mol. The molecule has 0 unspecified atom stereocenters. The fourth-order valence-electron chi connectivity index (χ4n) is 3.36. The molecule has 3 rings (SSSR count). The number of halogens is 1. The Morgan fingerprint density at radius 1 is 1.37 bits per heavy atom. The molecule has 2 aromatic rings. The summed E-state index contributed by atoms with van der Waals surface area (Å²) < 4.78 is 20.8. The largest absolute Gasteiger partial charge is 0.480 e. The lowest BCUT2D eigenvalue weighted by Crippen LogP contribution is -2.38. The number of carbonyl (C=O) groups is 2. The van der Waals surface area contributed by atoms with Crippen LogP contribution in [0.15, 0.2) is 18.2 Å². The summed E-state index contributed by atoms with van der Waals surface area (Å²) in [7, 11) is 1.48. The Hall–Kier alpha value is -2.74. The summed E-state index contributed by atoms with van der Waals surface area (Å²) in [6.07, 6.45) is 2.20. The van der Waals surface area contributed by atoms with Crippen molar-refractivity contribution in [3.05, 3.63) is 46.5 Å². The van der Waals surface area contributed by atoms with Gasteiger partial charge in [-0.15, -0.1) is 0 Å². The van der Waals surface area contributed by atoms with Crippen molar-refractivity contribution in [3.63, 3.8) is 0 Å². The van der Waals surface area contributed by atoms with Crippen LogP contribution in [0.2, 0.25) is 0 Å². The van der Waals surface area contributed by atoms with Crippen molar-refractivity contribution in [2.24, 2.45) is 0 Å². The molecule has 1 aliphatic carbocycles. The molecule has 0 saturated heterocycles. The molecular formula is C19H22FN3O4. The van der Waals surface area contributed by atoms with Crippen molar-refractivity contribution < 1.29 is 23.8 Å². The minimum Gasteiger partial charge on any atom is -0.480 e. The fourth-order valence-corrected chi connectivity index (χ4v) is 3.36. The first kappa shape index (κ1) is 19.0. The number of amides is 1. The van der Waals surface area contributed by atoms with Crippen LogP contribution in [0.5, 0.6) is 0 Å². The van der Waals surface area contributed by atoms with Crippen LogP contribution in [0.3, 0.4) is 0 Å². The SMILES string of the molecule is COCCN(CC(=O)O)C(=O)c1nn(-c2cc(C)ccc2F)c2c1CCC2. The number of rotatable bonds is 7. The predicted octanol–water partition coefficient (Wildman–Crippen LogP) is 1.98. The van der Waals surface area contributed by atoms with E-state index in [9.17, 15) is 14.0 Å². The molecule has 0 radical (unpaired) electrons. The second kappa shape index (κ2) is 7.87. The summed E-state index contributed by atoms with van der Waals surface area (Å²) in [6.45, 7) is 1.78. The van der Waals surface area contributed by atoms with Crippen LogP contribution in [-0.4, -0.2) is 58.5 Å². The van der Waals surface area contributed by atoms with E-state index in [-0.39, 0.29) is 18.8 Å². The number of nitrogens with zero attached hydrogens (tertiary/aromatic N) is 3. The number of hydrogen-bond donors (Lipinski definition) is 1. The number of carboxylic acid groups (broad SMARTS) is 1. The molecule has 1 heterocycles. The number of carbonyl (C=O) groups excluding carboxylic acids is 1. The molecule has 144 valence electrons. The van der Waals surface area contributed by atoms with Crippen molar-refractivity contribution in [1.29, 1.82) is 0 Å². The minimum absolute atomic E-state index is 0.141. The lowest BCUT2D eigenvalue weighted by molar-refractivity contribution is -0.137. The third-order valence-electron chi connectivity index (χ3n) is 4.64. The summed E-state index contributed by atoms with van der Waals surface area (Å²) in [5.41, 5.74) is 2.96. The van der Waals surface area contributed by atoms with Crippen LogP contribution >= 0.6 is 0 Å². The monoisotopic (exact) mass is 375 g/mol. The van der Waals surface area contributed by atoms with E-state index >= 15 is 0 Å². The zero-order chi connectivity index (χ0) is 19.6. The number of hydrogen-bond acceptors (Lipinski definition) is 4. The maximum Gasteiger partial charge on any atom is 0.323 e. The van der Waals surface area contributed by atoms with Gasteiger partial charge in [0.1, 0.15) is 18.0 Å². The van der Waals surface area contributed by atoms with E-state index < -0.39 is 24.2 Å². The van der Waals surface area contributed by atoms with Gasteiger partial charge in [0.2, 0.25) is 0 Å². The van der Waals surface area contributed by atoms with Crippen LogP contribution in [0.1, 0.15) is 33.7 Å². The van der Waals surface area contributed by atoms with E-state index in [4.69, 9.17) is 9.84 Å². The second-order valence-electron chi connectivity index (χ2n) is 6.61. The van der Waals surface area contributed by atoms with Gasteiger partial charge < -0.3 is 14.7 Å². The van der Waals surface area contributed by atoms with E-state index in [0.717, 1.165) is 23.2 Å². The summed E-state index contributed by atoms with van der Waals surface area (Å²) in [5.74, 6) is -2.00. The standard InChI is InChI=1S/C19H22FN3O4/c1-12-6-7-14(20)16(10-12)23-15-5-3-4-13(15)18(21-23)19(26)22(8-9-27-2)11-17(24)25/h6-7,10H,3-5,8-9,11H2,1-2H3,(H,24,25). The van der Waals surface area contributed by atoms with Crippen molar-refractivity contribution >= 4 is 11.9 Å². The van der Waals surface area contributed by atoms with Gasteiger partial charge in [-0.05, 0) is 43.9 Å². The molecule has 1 amide bonds. The van der Waals surface area contributed by atoms with Crippen molar-refractivity contribution in [2.75, 3.05) is 26.8 Å². The Kier molecular flexibility index (Phi) is 5.55. The number of methoxy groups -OCH3 is 1. The normalized spacial score (nSPS) is 12.9. The highest BCUT2D eigenvalue weighted by molar-refractivity contribution is 5.96. The molecule has 1 aromatic heterocycles. The topological polar surface area (TPSA) is 84.7 Å². The predicted molar refractivity (Wildman–Crippen MR) is 95.7 cm³/mol.